The molecule has 2 unspecified atom stereocenters. The Morgan fingerprint density at radius 3 is 2.67 bits per heavy atom. The summed E-state index contributed by atoms with van der Waals surface area (Å²) in [5.41, 5.74) is 0.578. The third-order valence-electron chi connectivity index (χ3n) is 5.23. The molecule has 1 N–H and O–H groups in total. The highest BCUT2D eigenvalue weighted by molar-refractivity contribution is 4.95. The second-order valence-corrected chi connectivity index (χ2v) is 6.02. The van der Waals surface area contributed by atoms with E-state index in [2.05, 4.69) is 31.0 Å². The van der Waals surface area contributed by atoms with Crippen molar-refractivity contribution in [3.05, 3.63) is 0 Å². The maximum Gasteiger partial charge on any atom is 0.0637 e. The molecule has 2 heterocycles. The zero-order valence-electron chi connectivity index (χ0n) is 12.4. The van der Waals surface area contributed by atoms with E-state index in [1.165, 1.54) is 38.8 Å². The van der Waals surface area contributed by atoms with Gasteiger partial charge in [0.05, 0.1) is 6.61 Å². The van der Waals surface area contributed by atoms with Crippen molar-refractivity contribution < 1.29 is 4.74 Å². The summed E-state index contributed by atoms with van der Waals surface area (Å²) in [6, 6.07) is 1.23. The average molecular weight is 254 g/mol. The molecule has 0 aromatic carbocycles. The first-order chi connectivity index (χ1) is 8.74. The molecule has 2 atom stereocenters. The minimum absolute atomic E-state index is 0.578. The zero-order chi connectivity index (χ0) is 13.0. The number of hydrogen-bond donors (Lipinski definition) is 1. The molecule has 0 aromatic heterocycles. The van der Waals surface area contributed by atoms with Crippen molar-refractivity contribution in [2.45, 2.75) is 58.5 Å². The van der Waals surface area contributed by atoms with Gasteiger partial charge < -0.3 is 10.1 Å². The Morgan fingerprint density at radius 2 is 2.06 bits per heavy atom. The summed E-state index contributed by atoms with van der Waals surface area (Å²) in [4.78, 5) is 2.69. The van der Waals surface area contributed by atoms with Crippen molar-refractivity contribution in [2.75, 3.05) is 32.8 Å². The molecule has 0 aliphatic carbocycles. The molecule has 0 amide bonds. The third kappa shape index (κ3) is 2.89. The molecule has 2 saturated heterocycles. The fraction of sp³-hybridized carbons (Fsp3) is 1.00. The van der Waals surface area contributed by atoms with Gasteiger partial charge in [-0.3, -0.25) is 4.90 Å². The number of rotatable bonds is 5. The van der Waals surface area contributed by atoms with Crippen molar-refractivity contribution in [2.24, 2.45) is 5.41 Å². The van der Waals surface area contributed by atoms with Crippen LogP contribution in [0.1, 0.15) is 46.5 Å². The van der Waals surface area contributed by atoms with Gasteiger partial charge in [-0.25, -0.2) is 0 Å². The number of likely N-dealkylation sites (tertiary alicyclic amines) is 1. The SMILES string of the molecule is CCNC1CCOCC1N1CCC(CC)(CC)C1. The fourth-order valence-electron chi connectivity index (χ4n) is 3.66. The highest BCUT2D eigenvalue weighted by Gasteiger charge is 2.40. The zero-order valence-corrected chi connectivity index (χ0v) is 12.4. The molecule has 0 bridgehead atoms. The molecule has 0 radical (unpaired) electrons. The maximum atomic E-state index is 5.72. The van der Waals surface area contributed by atoms with Crippen LogP contribution in [-0.2, 0) is 4.74 Å². The monoisotopic (exact) mass is 254 g/mol. The largest absolute Gasteiger partial charge is 0.380 e. The third-order valence-corrected chi connectivity index (χ3v) is 5.23. The van der Waals surface area contributed by atoms with Crippen molar-refractivity contribution in [1.82, 2.24) is 10.2 Å². The van der Waals surface area contributed by atoms with Crippen LogP contribution in [-0.4, -0.2) is 49.8 Å². The van der Waals surface area contributed by atoms with Gasteiger partial charge >= 0.3 is 0 Å². The Balaban J connectivity index is 1.98. The van der Waals surface area contributed by atoms with Gasteiger partial charge in [0, 0.05) is 25.2 Å². The number of nitrogens with zero attached hydrogens (tertiary/aromatic N) is 1. The highest BCUT2D eigenvalue weighted by atomic mass is 16.5. The van der Waals surface area contributed by atoms with Gasteiger partial charge in [0.15, 0.2) is 0 Å². The molecule has 18 heavy (non-hydrogen) atoms. The molecule has 0 aromatic rings. The van der Waals surface area contributed by atoms with Gasteiger partial charge in [-0.15, -0.1) is 0 Å². The second-order valence-electron chi connectivity index (χ2n) is 6.02. The van der Waals surface area contributed by atoms with Crippen LogP contribution in [0.4, 0.5) is 0 Å². The van der Waals surface area contributed by atoms with Crippen LogP contribution < -0.4 is 5.32 Å². The first-order valence-electron chi connectivity index (χ1n) is 7.80. The van der Waals surface area contributed by atoms with Crippen LogP contribution in [0.15, 0.2) is 0 Å². The molecule has 106 valence electrons. The molecule has 2 aliphatic heterocycles. The average Bonchev–Trinajstić information content (AvgIpc) is 2.85. The predicted molar refractivity (Wildman–Crippen MR) is 75.9 cm³/mol. The van der Waals surface area contributed by atoms with Gasteiger partial charge in [-0.2, -0.15) is 0 Å². The Bertz CT molecular complexity index is 251. The first-order valence-corrected chi connectivity index (χ1v) is 7.80. The molecule has 2 aliphatic rings. The quantitative estimate of drug-likeness (QED) is 0.814. The van der Waals surface area contributed by atoms with Crippen LogP contribution >= 0.6 is 0 Å². The summed E-state index contributed by atoms with van der Waals surface area (Å²) in [6.45, 7) is 12.4. The van der Waals surface area contributed by atoms with E-state index in [0.29, 0.717) is 17.5 Å². The highest BCUT2D eigenvalue weighted by Crippen LogP contribution is 2.38. The summed E-state index contributed by atoms with van der Waals surface area (Å²) in [7, 11) is 0. The minimum Gasteiger partial charge on any atom is -0.380 e. The van der Waals surface area contributed by atoms with Crippen molar-refractivity contribution in [3.8, 4) is 0 Å². The van der Waals surface area contributed by atoms with E-state index in [4.69, 9.17) is 4.74 Å². The molecular formula is C15H30N2O. The molecule has 0 saturated carbocycles. The van der Waals surface area contributed by atoms with E-state index in [-0.39, 0.29) is 0 Å². The first kappa shape index (κ1) is 14.3. The molecule has 2 rings (SSSR count). The number of nitrogens with one attached hydrogen (secondary N) is 1. The van der Waals surface area contributed by atoms with Crippen LogP contribution in [0, 0.1) is 5.41 Å². The lowest BCUT2D eigenvalue weighted by Gasteiger charge is -2.39. The standard InChI is InChI=1S/C15H30N2O/c1-4-15(5-2)8-9-17(12-15)14-11-18-10-7-13(14)16-6-3/h13-14,16H,4-12H2,1-3H3. The Kier molecular flexibility index (Phi) is 5.05. The van der Waals surface area contributed by atoms with Crippen molar-refractivity contribution in [3.63, 3.8) is 0 Å². The van der Waals surface area contributed by atoms with Gasteiger partial charge in [0.2, 0.25) is 0 Å². The summed E-state index contributed by atoms with van der Waals surface area (Å²) in [6.07, 6.45) is 5.18. The lowest BCUT2D eigenvalue weighted by atomic mass is 9.82. The van der Waals surface area contributed by atoms with Crippen LogP contribution in [0.25, 0.3) is 0 Å². The summed E-state index contributed by atoms with van der Waals surface area (Å²) in [5, 5.41) is 3.65. The van der Waals surface area contributed by atoms with Gasteiger partial charge in [0.1, 0.15) is 0 Å². The number of hydrogen-bond acceptors (Lipinski definition) is 3. The smallest absolute Gasteiger partial charge is 0.0637 e. The van der Waals surface area contributed by atoms with Crippen LogP contribution in [0.2, 0.25) is 0 Å². The summed E-state index contributed by atoms with van der Waals surface area (Å²) in [5.74, 6) is 0. The molecule has 3 heteroatoms. The Hall–Kier alpha value is -0.120. The van der Waals surface area contributed by atoms with E-state index in [1.807, 2.05) is 0 Å². The van der Waals surface area contributed by atoms with E-state index in [0.717, 1.165) is 19.8 Å². The predicted octanol–water partition coefficient (Wildman–Crippen LogP) is 2.27. The lowest BCUT2D eigenvalue weighted by Crippen LogP contribution is -2.55. The molecule has 3 nitrogen and oxygen atoms in total. The molecule has 0 spiro atoms. The topological polar surface area (TPSA) is 24.5 Å². The summed E-state index contributed by atoms with van der Waals surface area (Å²) >= 11 is 0. The van der Waals surface area contributed by atoms with E-state index in [1.54, 1.807) is 0 Å². The Labute approximate surface area is 112 Å². The number of likely N-dealkylation sites (N-methyl/N-ethyl adjacent to an activating group) is 1. The second kappa shape index (κ2) is 6.36. The van der Waals surface area contributed by atoms with Crippen molar-refractivity contribution >= 4 is 0 Å². The normalized spacial score (nSPS) is 32.8. The lowest BCUT2D eigenvalue weighted by molar-refractivity contribution is 0.00134. The van der Waals surface area contributed by atoms with Gasteiger partial charge in [0.25, 0.3) is 0 Å². The van der Waals surface area contributed by atoms with Crippen molar-refractivity contribution in [1.29, 1.82) is 0 Å². The van der Waals surface area contributed by atoms with Crippen LogP contribution in [0.3, 0.4) is 0 Å². The Morgan fingerprint density at radius 1 is 1.28 bits per heavy atom. The fourth-order valence-corrected chi connectivity index (χ4v) is 3.66. The van der Waals surface area contributed by atoms with E-state index >= 15 is 0 Å². The van der Waals surface area contributed by atoms with E-state index in [9.17, 15) is 0 Å². The minimum atomic E-state index is 0.578. The molecule has 2 fully saturated rings. The summed E-state index contributed by atoms with van der Waals surface area (Å²) < 4.78 is 5.72. The van der Waals surface area contributed by atoms with Crippen LogP contribution in [0.5, 0.6) is 0 Å². The van der Waals surface area contributed by atoms with Gasteiger partial charge in [-0.1, -0.05) is 20.8 Å². The van der Waals surface area contributed by atoms with E-state index < -0.39 is 0 Å². The maximum absolute atomic E-state index is 5.72. The van der Waals surface area contributed by atoms with Gasteiger partial charge in [-0.05, 0) is 44.2 Å². The molecular weight excluding hydrogens is 224 g/mol. The number of ether oxygens (including phenoxy) is 1.